The number of ether oxygens (including phenoxy) is 2. The van der Waals surface area contributed by atoms with Gasteiger partial charge in [-0.25, -0.2) is 0 Å². The molecule has 160 valence electrons. The zero-order chi connectivity index (χ0) is 20.9. The second kappa shape index (κ2) is 9.35. The van der Waals surface area contributed by atoms with E-state index in [4.69, 9.17) is 9.47 Å². The van der Waals surface area contributed by atoms with Crippen molar-refractivity contribution in [3.05, 3.63) is 108 Å². The van der Waals surface area contributed by atoms with Crippen molar-refractivity contribution in [2.45, 2.75) is 50.2 Å². The van der Waals surface area contributed by atoms with E-state index in [-0.39, 0.29) is 6.10 Å². The molecule has 2 heterocycles. The summed E-state index contributed by atoms with van der Waals surface area (Å²) in [5.74, 6) is -0.846. The van der Waals surface area contributed by atoms with Gasteiger partial charge in [0.1, 0.15) is 0 Å². The molecule has 0 spiro atoms. The molecule has 3 nitrogen and oxygen atoms in total. The molecule has 0 bridgehead atoms. The molecule has 0 aromatic heterocycles. The third kappa shape index (κ3) is 4.31. The smallest absolute Gasteiger partial charge is 0.222 e. The van der Waals surface area contributed by atoms with Crippen LogP contribution in [0.5, 0.6) is 0 Å². The first kappa shape index (κ1) is 20.4. The van der Waals surface area contributed by atoms with Crippen molar-refractivity contribution in [1.82, 2.24) is 4.90 Å². The quantitative estimate of drug-likeness (QED) is 0.532. The molecule has 0 amide bonds. The minimum Gasteiger partial charge on any atom is -0.342 e. The van der Waals surface area contributed by atoms with Gasteiger partial charge in [-0.1, -0.05) is 97.4 Å². The maximum absolute atomic E-state index is 6.99. The molecule has 2 aliphatic rings. The average molecular weight is 414 g/mol. The lowest BCUT2D eigenvalue weighted by Crippen LogP contribution is -2.53. The lowest BCUT2D eigenvalue weighted by Gasteiger charge is -2.47. The zero-order valence-corrected chi connectivity index (χ0v) is 18.0. The molecule has 2 saturated heterocycles. The van der Waals surface area contributed by atoms with Gasteiger partial charge >= 0.3 is 0 Å². The Labute approximate surface area is 185 Å². The van der Waals surface area contributed by atoms with Crippen LogP contribution in [-0.2, 0) is 21.8 Å². The molecule has 2 atom stereocenters. The SMILES string of the molecule is c1ccc(CN2CCCC[C@H]2[C@H]2CCOC(c3ccccc3)(c3ccccc3)O2)cc1. The summed E-state index contributed by atoms with van der Waals surface area (Å²) in [4.78, 5) is 2.63. The maximum atomic E-state index is 6.99. The van der Waals surface area contributed by atoms with Crippen LogP contribution >= 0.6 is 0 Å². The Morgan fingerprint density at radius 2 is 1.35 bits per heavy atom. The van der Waals surface area contributed by atoms with E-state index in [0.717, 1.165) is 30.6 Å². The highest BCUT2D eigenvalue weighted by atomic mass is 16.7. The summed E-state index contributed by atoms with van der Waals surface area (Å²) in [5.41, 5.74) is 3.51. The fraction of sp³-hybridized carbons (Fsp3) is 0.357. The fourth-order valence-electron chi connectivity index (χ4n) is 5.13. The van der Waals surface area contributed by atoms with Gasteiger partial charge in [0.05, 0.1) is 12.7 Å². The summed E-state index contributed by atoms with van der Waals surface area (Å²) < 4.78 is 13.5. The van der Waals surface area contributed by atoms with Crippen LogP contribution in [0.3, 0.4) is 0 Å². The summed E-state index contributed by atoms with van der Waals surface area (Å²) in [6, 6.07) is 32.1. The van der Waals surface area contributed by atoms with Crippen molar-refractivity contribution >= 4 is 0 Å². The van der Waals surface area contributed by atoms with Crippen molar-refractivity contribution in [1.29, 1.82) is 0 Å². The zero-order valence-electron chi connectivity index (χ0n) is 18.0. The van der Waals surface area contributed by atoms with Crippen LogP contribution in [-0.4, -0.2) is 30.2 Å². The minimum atomic E-state index is -0.846. The number of hydrogen-bond acceptors (Lipinski definition) is 3. The molecule has 31 heavy (non-hydrogen) atoms. The van der Waals surface area contributed by atoms with Gasteiger partial charge in [0.25, 0.3) is 0 Å². The topological polar surface area (TPSA) is 21.7 Å². The van der Waals surface area contributed by atoms with Gasteiger partial charge in [-0.15, -0.1) is 0 Å². The molecule has 3 aromatic carbocycles. The second-order valence-electron chi connectivity index (χ2n) is 8.66. The van der Waals surface area contributed by atoms with E-state index in [0.29, 0.717) is 12.6 Å². The van der Waals surface area contributed by atoms with Crippen molar-refractivity contribution < 1.29 is 9.47 Å². The normalized spacial score (nSPS) is 24.0. The van der Waals surface area contributed by atoms with E-state index in [9.17, 15) is 0 Å². The van der Waals surface area contributed by atoms with Gasteiger partial charge in [-0.3, -0.25) is 4.90 Å². The molecular formula is C28H31NO2. The molecule has 2 aliphatic heterocycles. The first-order valence-electron chi connectivity index (χ1n) is 11.6. The molecule has 0 radical (unpaired) electrons. The van der Waals surface area contributed by atoms with Crippen molar-refractivity contribution in [2.24, 2.45) is 0 Å². The van der Waals surface area contributed by atoms with E-state index in [1.165, 1.54) is 24.8 Å². The molecule has 0 saturated carbocycles. The van der Waals surface area contributed by atoms with Crippen LogP contribution in [0.4, 0.5) is 0 Å². The van der Waals surface area contributed by atoms with Gasteiger partial charge in [-0.05, 0) is 31.4 Å². The van der Waals surface area contributed by atoms with Crippen molar-refractivity contribution in [2.75, 3.05) is 13.2 Å². The maximum Gasteiger partial charge on any atom is 0.222 e. The van der Waals surface area contributed by atoms with Gasteiger partial charge in [-0.2, -0.15) is 0 Å². The molecule has 2 fully saturated rings. The van der Waals surface area contributed by atoms with Crippen LogP contribution in [0, 0.1) is 0 Å². The Morgan fingerprint density at radius 3 is 2.00 bits per heavy atom. The molecular weight excluding hydrogens is 382 g/mol. The number of nitrogens with zero attached hydrogens (tertiary/aromatic N) is 1. The van der Waals surface area contributed by atoms with Gasteiger partial charge in [0.15, 0.2) is 0 Å². The monoisotopic (exact) mass is 413 g/mol. The highest BCUT2D eigenvalue weighted by Crippen LogP contribution is 2.41. The van der Waals surface area contributed by atoms with Crippen LogP contribution < -0.4 is 0 Å². The Hall–Kier alpha value is -2.46. The molecule has 0 aliphatic carbocycles. The molecule has 3 aromatic rings. The Kier molecular flexibility index (Phi) is 6.17. The Morgan fingerprint density at radius 1 is 0.742 bits per heavy atom. The predicted molar refractivity (Wildman–Crippen MR) is 124 cm³/mol. The minimum absolute atomic E-state index is 0.137. The van der Waals surface area contributed by atoms with Crippen molar-refractivity contribution in [3.8, 4) is 0 Å². The summed E-state index contributed by atoms with van der Waals surface area (Å²) in [6.07, 6.45) is 4.77. The lowest BCUT2D eigenvalue weighted by atomic mass is 9.91. The van der Waals surface area contributed by atoms with E-state index in [1.807, 2.05) is 12.1 Å². The summed E-state index contributed by atoms with van der Waals surface area (Å²) >= 11 is 0. The molecule has 3 heteroatoms. The van der Waals surface area contributed by atoms with E-state index in [2.05, 4.69) is 83.8 Å². The first-order chi connectivity index (χ1) is 15.4. The third-order valence-corrected chi connectivity index (χ3v) is 6.65. The highest BCUT2D eigenvalue weighted by Gasteiger charge is 2.45. The number of hydrogen-bond donors (Lipinski definition) is 0. The number of likely N-dealkylation sites (tertiary alicyclic amines) is 1. The summed E-state index contributed by atoms with van der Waals surface area (Å²) in [6.45, 7) is 2.81. The average Bonchev–Trinajstić information content (AvgIpc) is 2.86. The van der Waals surface area contributed by atoms with Crippen LogP contribution in [0.1, 0.15) is 42.4 Å². The molecule has 5 rings (SSSR count). The van der Waals surface area contributed by atoms with Gasteiger partial charge in [0, 0.05) is 23.7 Å². The van der Waals surface area contributed by atoms with Crippen LogP contribution in [0.25, 0.3) is 0 Å². The van der Waals surface area contributed by atoms with Crippen molar-refractivity contribution in [3.63, 3.8) is 0 Å². The van der Waals surface area contributed by atoms with Crippen LogP contribution in [0.2, 0.25) is 0 Å². The van der Waals surface area contributed by atoms with E-state index in [1.54, 1.807) is 0 Å². The van der Waals surface area contributed by atoms with E-state index < -0.39 is 5.79 Å². The third-order valence-electron chi connectivity index (χ3n) is 6.65. The summed E-state index contributed by atoms with van der Waals surface area (Å²) in [7, 11) is 0. The number of piperidine rings is 1. The lowest BCUT2D eigenvalue weighted by molar-refractivity contribution is -0.290. The Bertz CT molecular complexity index is 905. The fourth-order valence-corrected chi connectivity index (χ4v) is 5.13. The number of rotatable bonds is 5. The summed E-state index contributed by atoms with van der Waals surface area (Å²) in [5, 5.41) is 0. The van der Waals surface area contributed by atoms with E-state index >= 15 is 0 Å². The Balaban J connectivity index is 1.45. The number of benzene rings is 3. The second-order valence-corrected chi connectivity index (χ2v) is 8.66. The van der Waals surface area contributed by atoms with Gasteiger partial charge in [0.2, 0.25) is 5.79 Å². The largest absolute Gasteiger partial charge is 0.342 e. The van der Waals surface area contributed by atoms with Gasteiger partial charge < -0.3 is 9.47 Å². The predicted octanol–water partition coefficient (Wildman–Crippen LogP) is 5.75. The molecule has 0 N–H and O–H groups in total. The standard InChI is InChI=1S/C28H31NO2/c1-4-12-23(13-5-1)22-29-20-11-10-18-26(29)27-19-21-30-28(31-27,24-14-6-2-7-15-24)25-16-8-3-9-17-25/h1-9,12-17,26-27H,10-11,18-22H2/t26-,27+/m0/s1. The first-order valence-corrected chi connectivity index (χ1v) is 11.6. The molecule has 0 unspecified atom stereocenters. The van der Waals surface area contributed by atoms with Crippen LogP contribution in [0.15, 0.2) is 91.0 Å². The highest BCUT2D eigenvalue weighted by molar-refractivity contribution is 5.34.